The van der Waals surface area contributed by atoms with Gasteiger partial charge in [-0.1, -0.05) is 6.07 Å². The van der Waals surface area contributed by atoms with Gasteiger partial charge in [-0.2, -0.15) is 0 Å². The number of aliphatic hydroxyl groups excluding tert-OH is 1. The lowest BCUT2D eigenvalue weighted by atomic mass is 10.1. The van der Waals surface area contributed by atoms with Crippen molar-refractivity contribution in [2.75, 3.05) is 31.6 Å². The average molecular weight is 293 g/mol. The van der Waals surface area contributed by atoms with E-state index >= 15 is 0 Å². The van der Waals surface area contributed by atoms with Crippen molar-refractivity contribution in [3.05, 3.63) is 29.3 Å². The summed E-state index contributed by atoms with van der Waals surface area (Å²) < 4.78 is 5.18. The third-order valence-corrected chi connectivity index (χ3v) is 3.30. The molecule has 1 aromatic rings. The molecule has 0 radical (unpaired) electrons. The number of nitrogens with zero attached hydrogens (tertiary/aromatic N) is 1. The van der Waals surface area contributed by atoms with E-state index in [4.69, 9.17) is 10.5 Å². The highest BCUT2D eigenvalue weighted by Gasteiger charge is 2.21. The van der Waals surface area contributed by atoms with Crippen LogP contribution in [0.1, 0.15) is 15.9 Å². The molecule has 7 heteroatoms. The zero-order valence-electron chi connectivity index (χ0n) is 11.8. The highest BCUT2D eigenvalue weighted by molar-refractivity contribution is 5.96. The van der Waals surface area contributed by atoms with E-state index in [0.29, 0.717) is 24.4 Å². The minimum Gasteiger partial charge on any atom is -0.389 e. The Morgan fingerprint density at radius 2 is 2.24 bits per heavy atom. The predicted octanol–water partition coefficient (Wildman–Crippen LogP) is 0.319. The number of aliphatic hydroxyl groups is 1. The van der Waals surface area contributed by atoms with E-state index < -0.39 is 12.0 Å². The molecular weight excluding hydrogens is 274 g/mol. The number of anilines is 1. The Morgan fingerprint density at radius 3 is 2.95 bits per heavy atom. The monoisotopic (exact) mass is 293 g/mol. The van der Waals surface area contributed by atoms with Crippen molar-refractivity contribution in [3.63, 3.8) is 0 Å². The molecule has 0 unspecified atom stereocenters. The molecule has 1 aliphatic heterocycles. The molecule has 114 valence electrons. The topological polar surface area (TPSA) is 105 Å². The molecule has 0 aromatic heterocycles. The van der Waals surface area contributed by atoms with Crippen molar-refractivity contribution in [1.29, 1.82) is 0 Å². The first-order valence-corrected chi connectivity index (χ1v) is 6.69. The van der Waals surface area contributed by atoms with Crippen LogP contribution in [0, 0.1) is 6.92 Å². The molecule has 0 saturated carbocycles. The first kappa shape index (κ1) is 15.3. The first-order chi connectivity index (χ1) is 9.97. The number of aryl methyl sites for hydroxylation is 1. The van der Waals surface area contributed by atoms with Gasteiger partial charge in [0.05, 0.1) is 25.9 Å². The number of amides is 3. The van der Waals surface area contributed by atoms with Crippen LogP contribution in [0.25, 0.3) is 0 Å². The van der Waals surface area contributed by atoms with Gasteiger partial charge in [0.1, 0.15) is 0 Å². The van der Waals surface area contributed by atoms with Crippen LogP contribution in [0.15, 0.2) is 18.2 Å². The number of primary amides is 1. The number of carbonyl (C=O) groups excluding carboxylic acids is 2. The van der Waals surface area contributed by atoms with Crippen LogP contribution >= 0.6 is 0 Å². The SMILES string of the molecule is Cc1ccc(C(N)=O)cc1NC(=O)N1CCOC[C@@H](O)C1. The molecule has 1 aromatic carbocycles. The Labute approximate surface area is 122 Å². The standard InChI is InChI=1S/C14H19N3O4/c1-9-2-3-10(13(15)19)6-12(9)16-14(20)17-4-5-21-8-11(18)7-17/h2-3,6,11,18H,4-5,7-8H2,1H3,(H2,15,19)(H,16,20)/t11-/m0/s1. The van der Waals surface area contributed by atoms with Crippen molar-refractivity contribution < 1.29 is 19.4 Å². The van der Waals surface area contributed by atoms with Crippen LogP contribution in [0.5, 0.6) is 0 Å². The number of β-amino-alcohol motifs (C(OH)–C–C–N with tert-alkyl or cyclic N) is 1. The van der Waals surface area contributed by atoms with E-state index in [2.05, 4.69) is 5.32 Å². The molecule has 1 heterocycles. The van der Waals surface area contributed by atoms with Gasteiger partial charge in [0.25, 0.3) is 0 Å². The molecule has 4 N–H and O–H groups in total. The van der Waals surface area contributed by atoms with Gasteiger partial charge in [0, 0.05) is 17.8 Å². The van der Waals surface area contributed by atoms with Crippen LogP contribution in [0.3, 0.4) is 0 Å². The smallest absolute Gasteiger partial charge is 0.322 e. The van der Waals surface area contributed by atoms with Gasteiger partial charge in [-0.25, -0.2) is 4.79 Å². The first-order valence-electron chi connectivity index (χ1n) is 6.69. The molecule has 3 amide bonds. The van der Waals surface area contributed by atoms with Gasteiger partial charge in [-0.05, 0) is 24.6 Å². The lowest BCUT2D eigenvalue weighted by molar-refractivity contribution is 0.0575. The van der Waals surface area contributed by atoms with Gasteiger partial charge in [0.2, 0.25) is 5.91 Å². The van der Waals surface area contributed by atoms with Crippen molar-refractivity contribution in [3.8, 4) is 0 Å². The van der Waals surface area contributed by atoms with Crippen LogP contribution in [0.4, 0.5) is 10.5 Å². The number of nitrogens with two attached hydrogens (primary N) is 1. The van der Waals surface area contributed by atoms with Crippen LogP contribution in [0.2, 0.25) is 0 Å². The van der Waals surface area contributed by atoms with Crippen LogP contribution in [-0.4, -0.2) is 54.4 Å². The molecular formula is C14H19N3O4. The quantitative estimate of drug-likeness (QED) is 0.730. The number of benzene rings is 1. The zero-order chi connectivity index (χ0) is 15.4. The van der Waals surface area contributed by atoms with Crippen molar-refractivity contribution >= 4 is 17.6 Å². The van der Waals surface area contributed by atoms with Gasteiger partial charge >= 0.3 is 6.03 Å². The van der Waals surface area contributed by atoms with E-state index in [1.165, 1.54) is 4.90 Å². The molecule has 1 fully saturated rings. The van der Waals surface area contributed by atoms with E-state index in [1.807, 2.05) is 6.92 Å². The predicted molar refractivity (Wildman–Crippen MR) is 77.1 cm³/mol. The number of carbonyl (C=O) groups is 2. The summed E-state index contributed by atoms with van der Waals surface area (Å²) in [5.74, 6) is -0.552. The number of urea groups is 1. The van der Waals surface area contributed by atoms with E-state index in [9.17, 15) is 14.7 Å². The Bertz CT molecular complexity index is 547. The molecule has 0 bridgehead atoms. The Balaban J connectivity index is 2.11. The highest BCUT2D eigenvalue weighted by atomic mass is 16.5. The van der Waals surface area contributed by atoms with Crippen molar-refractivity contribution in [1.82, 2.24) is 4.90 Å². The maximum atomic E-state index is 12.2. The second-order valence-electron chi connectivity index (χ2n) is 5.00. The Morgan fingerprint density at radius 1 is 1.48 bits per heavy atom. The zero-order valence-corrected chi connectivity index (χ0v) is 11.8. The van der Waals surface area contributed by atoms with Gasteiger partial charge in [-0.3, -0.25) is 4.79 Å². The summed E-state index contributed by atoms with van der Waals surface area (Å²) in [5, 5.41) is 12.4. The fraction of sp³-hybridized carbons (Fsp3) is 0.429. The molecule has 0 aliphatic carbocycles. The summed E-state index contributed by atoms with van der Waals surface area (Å²) in [6, 6.07) is 4.53. The number of rotatable bonds is 2. The fourth-order valence-electron chi connectivity index (χ4n) is 2.08. The van der Waals surface area contributed by atoms with E-state index in [1.54, 1.807) is 18.2 Å². The van der Waals surface area contributed by atoms with Gasteiger partial charge in [0.15, 0.2) is 0 Å². The molecule has 1 aliphatic rings. The lowest BCUT2D eigenvalue weighted by Crippen LogP contribution is -2.40. The van der Waals surface area contributed by atoms with Crippen LogP contribution in [-0.2, 0) is 4.74 Å². The van der Waals surface area contributed by atoms with Crippen LogP contribution < -0.4 is 11.1 Å². The lowest BCUT2D eigenvalue weighted by Gasteiger charge is -2.22. The summed E-state index contributed by atoms with van der Waals surface area (Å²) >= 11 is 0. The van der Waals surface area contributed by atoms with Gasteiger partial charge < -0.3 is 25.8 Å². The number of nitrogens with one attached hydrogen (secondary N) is 1. The summed E-state index contributed by atoms with van der Waals surface area (Å²) in [7, 11) is 0. The largest absolute Gasteiger partial charge is 0.389 e. The number of hydrogen-bond acceptors (Lipinski definition) is 4. The normalized spacial score (nSPS) is 19.0. The summed E-state index contributed by atoms with van der Waals surface area (Å²) in [4.78, 5) is 24.9. The second kappa shape index (κ2) is 6.55. The third kappa shape index (κ3) is 3.93. The molecule has 2 rings (SSSR count). The average Bonchev–Trinajstić information content (AvgIpc) is 2.65. The molecule has 0 spiro atoms. The maximum Gasteiger partial charge on any atom is 0.322 e. The minimum absolute atomic E-state index is 0.209. The third-order valence-electron chi connectivity index (χ3n) is 3.30. The molecule has 7 nitrogen and oxygen atoms in total. The Kier molecular flexibility index (Phi) is 4.77. The maximum absolute atomic E-state index is 12.2. The molecule has 21 heavy (non-hydrogen) atoms. The number of hydrogen-bond donors (Lipinski definition) is 3. The highest BCUT2D eigenvalue weighted by Crippen LogP contribution is 2.17. The summed E-state index contributed by atoms with van der Waals surface area (Å²) in [6.07, 6.45) is -0.698. The summed E-state index contributed by atoms with van der Waals surface area (Å²) in [6.45, 7) is 3.03. The minimum atomic E-state index is -0.698. The van der Waals surface area contributed by atoms with Gasteiger partial charge in [-0.15, -0.1) is 0 Å². The number of ether oxygens (including phenoxy) is 1. The van der Waals surface area contributed by atoms with Crippen molar-refractivity contribution in [2.45, 2.75) is 13.0 Å². The Hall–Kier alpha value is -2.12. The summed E-state index contributed by atoms with van der Waals surface area (Å²) in [5.41, 5.74) is 6.91. The van der Waals surface area contributed by atoms with E-state index in [0.717, 1.165) is 5.56 Å². The van der Waals surface area contributed by atoms with E-state index in [-0.39, 0.29) is 19.2 Å². The molecule has 1 saturated heterocycles. The fourth-order valence-corrected chi connectivity index (χ4v) is 2.08. The van der Waals surface area contributed by atoms with Crippen molar-refractivity contribution in [2.24, 2.45) is 5.73 Å². The molecule has 1 atom stereocenters. The second-order valence-corrected chi connectivity index (χ2v) is 5.00.